The predicted octanol–water partition coefficient (Wildman–Crippen LogP) is 3.46. The van der Waals surface area contributed by atoms with Crippen LogP contribution in [0.25, 0.3) is 10.9 Å². The summed E-state index contributed by atoms with van der Waals surface area (Å²) in [6.45, 7) is 3.80. The van der Waals surface area contributed by atoms with E-state index in [1.165, 1.54) is 0 Å². The number of rotatable bonds is 4. The fourth-order valence-electron chi connectivity index (χ4n) is 2.60. The molecule has 2 aromatic carbocycles. The fourth-order valence-corrected chi connectivity index (χ4v) is 3.13. The Bertz CT molecular complexity index is 1210. The summed E-state index contributed by atoms with van der Waals surface area (Å²) in [5.74, 6) is -0.230. The van der Waals surface area contributed by atoms with Gasteiger partial charge < -0.3 is 10.1 Å². The molecule has 0 radical (unpaired) electrons. The molecule has 1 aromatic heterocycles. The van der Waals surface area contributed by atoms with Crippen LogP contribution in [-0.2, 0) is 10.0 Å². The zero-order valence-corrected chi connectivity index (χ0v) is 15.1. The molecule has 0 saturated heterocycles. The second kappa shape index (κ2) is 6.45. The Balaban J connectivity index is 2.12. The van der Waals surface area contributed by atoms with Crippen molar-refractivity contribution in [3.05, 3.63) is 51.6 Å². The largest absolute Gasteiger partial charge is 0.493 e. The van der Waals surface area contributed by atoms with Crippen molar-refractivity contribution in [3.8, 4) is 5.88 Å². The van der Waals surface area contributed by atoms with Crippen LogP contribution in [0, 0.1) is 24.0 Å². The van der Waals surface area contributed by atoms with Crippen LogP contribution in [-0.4, -0.2) is 23.4 Å². The Labute approximate surface area is 153 Å². The first-order valence-electron chi connectivity index (χ1n) is 7.63. The van der Waals surface area contributed by atoms with E-state index in [1.54, 1.807) is 6.07 Å². The van der Waals surface area contributed by atoms with E-state index >= 15 is 0 Å². The highest BCUT2D eigenvalue weighted by molar-refractivity contribution is 7.89. The molecule has 140 valence electrons. The van der Waals surface area contributed by atoms with Gasteiger partial charge in [-0.2, -0.15) is 0 Å². The molecule has 0 atom stereocenters. The number of fused-ring (bicyclic) bond motifs is 1. The van der Waals surface area contributed by atoms with E-state index in [1.807, 2.05) is 19.9 Å². The number of benzene rings is 2. The maximum absolute atomic E-state index is 11.4. The van der Waals surface area contributed by atoms with E-state index in [9.17, 15) is 23.6 Å². The van der Waals surface area contributed by atoms with Gasteiger partial charge in [-0.05, 0) is 37.1 Å². The number of sulfonamides is 1. The number of hydrogen-bond donors (Lipinski definition) is 3. The Morgan fingerprint density at radius 3 is 2.52 bits per heavy atom. The molecular weight excluding hydrogens is 374 g/mol. The minimum atomic E-state index is -4.10. The van der Waals surface area contributed by atoms with Crippen LogP contribution in [0.1, 0.15) is 11.1 Å². The molecule has 10 nitrogen and oxygen atoms in total. The van der Waals surface area contributed by atoms with E-state index < -0.39 is 25.5 Å². The third-order valence-electron chi connectivity index (χ3n) is 4.19. The van der Waals surface area contributed by atoms with Crippen molar-refractivity contribution in [2.24, 2.45) is 15.4 Å². The van der Waals surface area contributed by atoms with Crippen LogP contribution in [0.4, 0.5) is 17.1 Å². The van der Waals surface area contributed by atoms with Crippen LogP contribution in [0.5, 0.6) is 5.88 Å². The zero-order chi connectivity index (χ0) is 19.9. The van der Waals surface area contributed by atoms with Crippen LogP contribution >= 0.6 is 0 Å². The Kier molecular flexibility index (Phi) is 4.41. The fraction of sp³-hybridized carbons (Fsp3) is 0.125. The summed E-state index contributed by atoms with van der Waals surface area (Å²) in [5.41, 5.74) is 1.99. The van der Waals surface area contributed by atoms with Crippen molar-refractivity contribution in [3.63, 3.8) is 0 Å². The van der Waals surface area contributed by atoms with Crippen molar-refractivity contribution in [2.45, 2.75) is 18.7 Å². The monoisotopic (exact) mass is 389 g/mol. The van der Waals surface area contributed by atoms with Gasteiger partial charge in [0.25, 0.3) is 5.69 Å². The number of aromatic amines is 1. The number of aromatic hydroxyl groups is 1. The number of aryl methyl sites for hydroxylation is 2. The third-order valence-corrected chi connectivity index (χ3v) is 5.10. The van der Waals surface area contributed by atoms with Gasteiger partial charge in [-0.1, -0.05) is 12.1 Å². The van der Waals surface area contributed by atoms with Crippen LogP contribution in [0.2, 0.25) is 0 Å². The second-order valence-corrected chi connectivity index (χ2v) is 7.47. The molecule has 0 amide bonds. The van der Waals surface area contributed by atoms with Gasteiger partial charge in [0, 0.05) is 11.5 Å². The number of nitro benzene ring substituents is 1. The van der Waals surface area contributed by atoms with Gasteiger partial charge in [-0.25, -0.2) is 13.6 Å². The molecule has 0 spiro atoms. The number of nitrogens with two attached hydrogens (primary N) is 1. The van der Waals surface area contributed by atoms with Gasteiger partial charge in [0.2, 0.25) is 15.9 Å². The number of primary sulfonamides is 1. The number of hydrogen-bond acceptors (Lipinski definition) is 7. The lowest BCUT2D eigenvalue weighted by molar-refractivity contribution is -0.384. The number of azo groups is 1. The highest BCUT2D eigenvalue weighted by Gasteiger charge is 2.20. The number of H-pyrrole nitrogens is 1. The molecule has 0 unspecified atom stereocenters. The minimum Gasteiger partial charge on any atom is -0.493 e. The molecule has 4 N–H and O–H groups in total. The lowest BCUT2D eigenvalue weighted by Gasteiger charge is -2.01. The normalized spacial score (nSPS) is 12.1. The number of nitrogens with one attached hydrogen (secondary N) is 1. The van der Waals surface area contributed by atoms with Crippen LogP contribution in [0.15, 0.2) is 45.5 Å². The predicted molar refractivity (Wildman–Crippen MR) is 98.1 cm³/mol. The minimum absolute atomic E-state index is 0.123. The lowest BCUT2D eigenvalue weighted by atomic mass is 10.1. The molecule has 3 rings (SSSR count). The molecule has 0 aliphatic carbocycles. The maximum Gasteiger partial charge on any atom is 0.298 e. The first-order valence-corrected chi connectivity index (χ1v) is 9.18. The van der Waals surface area contributed by atoms with Gasteiger partial charge in [0.15, 0.2) is 11.4 Å². The molecule has 27 heavy (non-hydrogen) atoms. The number of nitrogens with zero attached hydrogens (tertiary/aromatic N) is 3. The standard InChI is InChI=1S/C16H15N5O5S/c1-8-3-5-11-14(9(8)2)18-16(22)15(11)20-19-12-6-4-10(27(17,25)26)7-13(12)21(23)24/h3-7,18,22H,1-2H3,(H2,17,25,26). The Morgan fingerprint density at radius 2 is 1.89 bits per heavy atom. The van der Waals surface area contributed by atoms with Gasteiger partial charge in [0.05, 0.1) is 15.3 Å². The summed E-state index contributed by atoms with van der Waals surface area (Å²) in [5, 5.41) is 34.7. The molecular formula is C16H15N5O5S. The summed E-state index contributed by atoms with van der Waals surface area (Å²) in [6, 6.07) is 6.64. The summed E-state index contributed by atoms with van der Waals surface area (Å²) in [7, 11) is -4.10. The smallest absolute Gasteiger partial charge is 0.298 e. The van der Waals surface area contributed by atoms with Crippen LogP contribution in [0.3, 0.4) is 0 Å². The molecule has 0 bridgehead atoms. The average Bonchev–Trinajstić information content (AvgIpc) is 2.91. The van der Waals surface area contributed by atoms with Gasteiger partial charge >= 0.3 is 0 Å². The SMILES string of the molecule is Cc1ccc2c(N=Nc3ccc(S(N)(=O)=O)cc3[N+](=O)[O-])c(O)[nH]c2c1C. The van der Waals surface area contributed by atoms with Crippen molar-refractivity contribution in [2.75, 3.05) is 0 Å². The number of nitro groups is 1. The van der Waals surface area contributed by atoms with Crippen molar-refractivity contribution in [1.29, 1.82) is 0 Å². The average molecular weight is 389 g/mol. The van der Waals surface area contributed by atoms with Crippen molar-refractivity contribution in [1.82, 2.24) is 4.98 Å². The summed E-state index contributed by atoms with van der Waals surface area (Å²) < 4.78 is 22.8. The van der Waals surface area contributed by atoms with E-state index in [0.717, 1.165) is 29.3 Å². The maximum atomic E-state index is 11.4. The third kappa shape index (κ3) is 3.37. The van der Waals surface area contributed by atoms with E-state index in [-0.39, 0.29) is 17.3 Å². The van der Waals surface area contributed by atoms with Gasteiger partial charge in [-0.15, -0.1) is 10.2 Å². The molecule has 0 saturated carbocycles. The number of aromatic nitrogens is 1. The quantitative estimate of drug-likeness (QED) is 0.353. The van der Waals surface area contributed by atoms with E-state index in [0.29, 0.717) is 10.9 Å². The molecule has 1 heterocycles. The summed E-state index contributed by atoms with van der Waals surface area (Å²) in [4.78, 5) is 12.9. The zero-order valence-electron chi connectivity index (χ0n) is 14.3. The molecule has 0 aliphatic heterocycles. The molecule has 0 aliphatic rings. The topological polar surface area (TPSA) is 164 Å². The Morgan fingerprint density at radius 1 is 1.19 bits per heavy atom. The van der Waals surface area contributed by atoms with E-state index in [2.05, 4.69) is 15.2 Å². The van der Waals surface area contributed by atoms with E-state index in [4.69, 9.17) is 5.14 Å². The first kappa shape index (κ1) is 18.5. The molecule has 11 heteroatoms. The first-order chi connectivity index (χ1) is 12.6. The summed E-state index contributed by atoms with van der Waals surface area (Å²) >= 11 is 0. The van der Waals surface area contributed by atoms with Gasteiger partial charge in [-0.3, -0.25) is 10.1 Å². The highest BCUT2D eigenvalue weighted by atomic mass is 32.2. The second-order valence-electron chi connectivity index (χ2n) is 5.90. The lowest BCUT2D eigenvalue weighted by Crippen LogP contribution is -2.12. The summed E-state index contributed by atoms with van der Waals surface area (Å²) in [6.07, 6.45) is 0. The Hall–Kier alpha value is -3.31. The van der Waals surface area contributed by atoms with Crippen molar-refractivity contribution >= 4 is 38.0 Å². The van der Waals surface area contributed by atoms with Crippen LogP contribution < -0.4 is 5.14 Å². The highest BCUT2D eigenvalue weighted by Crippen LogP contribution is 2.39. The molecule has 0 fully saturated rings. The molecule has 3 aromatic rings. The van der Waals surface area contributed by atoms with Gasteiger partial charge in [0.1, 0.15) is 0 Å². The van der Waals surface area contributed by atoms with Crippen molar-refractivity contribution < 1.29 is 18.4 Å².